The molecule has 0 radical (unpaired) electrons. The van der Waals surface area contributed by atoms with E-state index in [4.69, 9.17) is 11.6 Å². The lowest BCUT2D eigenvalue weighted by molar-refractivity contribution is -0.117. The number of nitrogens with zero attached hydrogens (tertiary/aromatic N) is 4. The molecule has 1 unspecified atom stereocenters. The molecule has 1 saturated carbocycles. The van der Waals surface area contributed by atoms with Gasteiger partial charge in [0.1, 0.15) is 17.6 Å². The molecule has 1 aliphatic carbocycles. The molecule has 0 aliphatic heterocycles. The van der Waals surface area contributed by atoms with E-state index >= 15 is 4.39 Å². The standard InChI is InChI=1S/C22H21ClF2N6O/c1-10(30(2)3)17-20(25)19(23)18(13-7-26-29-21(13)17)11-4-5-16-27-15(9-31(16)8-11)28-22(32)12-6-14(12)24/h4-5,7-10,12,14H,6H2,1-3H3,(H,26,29)(H,28,32)/t10?,12-,14+/m1/s1. The molecule has 5 rings (SSSR count). The number of rotatable bonds is 5. The highest BCUT2D eigenvalue weighted by atomic mass is 35.5. The van der Waals surface area contributed by atoms with Crippen molar-refractivity contribution in [2.45, 2.75) is 25.6 Å². The predicted molar refractivity (Wildman–Crippen MR) is 119 cm³/mol. The van der Waals surface area contributed by atoms with Crippen LogP contribution in [0.1, 0.15) is 24.9 Å². The second-order valence-corrected chi connectivity index (χ2v) is 8.75. The van der Waals surface area contributed by atoms with Gasteiger partial charge >= 0.3 is 0 Å². The summed E-state index contributed by atoms with van der Waals surface area (Å²) in [5.41, 5.74) is 2.80. The minimum Gasteiger partial charge on any atom is -0.309 e. The van der Waals surface area contributed by atoms with Gasteiger partial charge in [0, 0.05) is 34.3 Å². The minimum atomic E-state index is -1.08. The van der Waals surface area contributed by atoms with Gasteiger partial charge in [-0.15, -0.1) is 0 Å². The van der Waals surface area contributed by atoms with Gasteiger partial charge in [-0.1, -0.05) is 11.6 Å². The molecule has 0 spiro atoms. The Bertz CT molecular complexity index is 1360. The average Bonchev–Trinajstić information content (AvgIpc) is 3.11. The summed E-state index contributed by atoms with van der Waals surface area (Å²) in [7, 11) is 3.74. The third-order valence-electron chi connectivity index (χ3n) is 6.06. The van der Waals surface area contributed by atoms with E-state index in [-0.39, 0.29) is 23.4 Å². The van der Waals surface area contributed by atoms with Gasteiger partial charge in [0.2, 0.25) is 5.91 Å². The summed E-state index contributed by atoms with van der Waals surface area (Å²) in [4.78, 5) is 18.3. The summed E-state index contributed by atoms with van der Waals surface area (Å²) >= 11 is 6.55. The molecule has 1 fully saturated rings. The third kappa shape index (κ3) is 3.32. The van der Waals surface area contributed by atoms with Gasteiger partial charge in [-0.05, 0) is 39.6 Å². The minimum absolute atomic E-state index is 0.0123. The highest BCUT2D eigenvalue weighted by Crippen LogP contribution is 2.41. The zero-order valence-electron chi connectivity index (χ0n) is 17.7. The van der Waals surface area contributed by atoms with Crippen LogP contribution in [-0.4, -0.2) is 50.7 Å². The number of aromatic nitrogens is 4. The first-order valence-corrected chi connectivity index (χ1v) is 10.6. The van der Waals surface area contributed by atoms with Crippen LogP contribution in [0.3, 0.4) is 0 Å². The number of carbonyl (C=O) groups is 1. The lowest BCUT2D eigenvalue weighted by Crippen LogP contribution is -2.18. The number of halogens is 3. The van der Waals surface area contributed by atoms with Crippen LogP contribution >= 0.6 is 11.6 Å². The fourth-order valence-electron chi connectivity index (χ4n) is 3.92. The maximum atomic E-state index is 15.4. The van der Waals surface area contributed by atoms with E-state index in [1.807, 2.05) is 25.9 Å². The van der Waals surface area contributed by atoms with Gasteiger partial charge in [0.15, 0.2) is 5.82 Å². The molecule has 0 bridgehead atoms. The van der Waals surface area contributed by atoms with Gasteiger partial charge < -0.3 is 14.6 Å². The van der Waals surface area contributed by atoms with Crippen molar-refractivity contribution in [3.8, 4) is 11.1 Å². The Hall–Kier alpha value is -3.04. The number of benzene rings is 1. The Balaban J connectivity index is 1.58. The van der Waals surface area contributed by atoms with Crippen LogP contribution in [0.5, 0.6) is 0 Å². The number of H-pyrrole nitrogens is 1. The van der Waals surface area contributed by atoms with E-state index in [1.165, 1.54) is 0 Å². The molecule has 166 valence electrons. The fourth-order valence-corrected chi connectivity index (χ4v) is 4.24. The average molecular weight is 459 g/mol. The summed E-state index contributed by atoms with van der Waals surface area (Å²) in [6, 6.07) is 3.31. The molecule has 7 nitrogen and oxygen atoms in total. The topological polar surface area (TPSA) is 78.3 Å². The van der Waals surface area contributed by atoms with E-state index in [1.54, 1.807) is 35.1 Å². The number of carbonyl (C=O) groups excluding carboxylic acids is 1. The number of pyridine rings is 1. The summed E-state index contributed by atoms with van der Waals surface area (Å²) < 4.78 is 30.3. The van der Waals surface area contributed by atoms with Gasteiger partial charge in [0.25, 0.3) is 0 Å². The number of amides is 1. The molecule has 10 heteroatoms. The maximum Gasteiger partial charge on any atom is 0.231 e. The molecule has 3 heterocycles. The van der Waals surface area contributed by atoms with Crippen LogP contribution in [0.4, 0.5) is 14.6 Å². The molecule has 0 saturated heterocycles. The maximum absolute atomic E-state index is 15.4. The van der Waals surface area contributed by atoms with E-state index in [9.17, 15) is 9.18 Å². The summed E-state index contributed by atoms with van der Waals surface area (Å²) in [6.45, 7) is 1.90. The van der Waals surface area contributed by atoms with E-state index in [0.29, 0.717) is 39.1 Å². The first-order valence-electron chi connectivity index (χ1n) is 10.2. The summed E-state index contributed by atoms with van der Waals surface area (Å²) in [6.07, 6.45) is 4.19. The van der Waals surface area contributed by atoms with Crippen molar-refractivity contribution in [3.63, 3.8) is 0 Å². The van der Waals surface area contributed by atoms with Crippen LogP contribution in [0.2, 0.25) is 5.02 Å². The SMILES string of the molecule is CC(c1c(F)c(Cl)c(-c2ccc3nc(NC(=O)[C@@H]4C[C@@H]4F)cn3c2)c2cn[nH]c12)N(C)C. The Morgan fingerprint density at radius 1 is 1.38 bits per heavy atom. The van der Waals surface area contributed by atoms with E-state index in [0.717, 1.165) is 0 Å². The number of imidazole rings is 1. The Labute approximate surface area is 187 Å². The van der Waals surface area contributed by atoms with E-state index < -0.39 is 17.9 Å². The molecule has 1 aromatic carbocycles. The molecule has 3 atom stereocenters. The fraction of sp³-hybridized carbons (Fsp3) is 0.318. The monoisotopic (exact) mass is 458 g/mol. The zero-order valence-corrected chi connectivity index (χ0v) is 18.4. The van der Waals surface area contributed by atoms with Crippen molar-refractivity contribution in [3.05, 3.63) is 47.1 Å². The summed E-state index contributed by atoms with van der Waals surface area (Å²) in [5.74, 6) is -1.15. The number of fused-ring (bicyclic) bond motifs is 2. The first kappa shape index (κ1) is 20.8. The molecule has 1 aliphatic rings. The Morgan fingerprint density at radius 2 is 2.12 bits per heavy atom. The van der Waals surface area contributed by atoms with Gasteiger partial charge in [-0.25, -0.2) is 13.8 Å². The van der Waals surface area contributed by atoms with Crippen molar-refractivity contribution in [2.75, 3.05) is 19.4 Å². The normalized spacial score (nSPS) is 19.1. The zero-order chi connectivity index (χ0) is 22.7. The third-order valence-corrected chi connectivity index (χ3v) is 6.41. The van der Waals surface area contributed by atoms with Gasteiger partial charge in [0.05, 0.1) is 28.9 Å². The quantitative estimate of drug-likeness (QED) is 0.458. The Kier molecular flexibility index (Phi) is 4.90. The number of aromatic amines is 1. The number of nitrogens with one attached hydrogen (secondary N) is 2. The molecule has 3 aromatic heterocycles. The Morgan fingerprint density at radius 3 is 2.81 bits per heavy atom. The predicted octanol–water partition coefficient (Wildman–Crippen LogP) is 4.59. The molecule has 1 amide bonds. The van der Waals surface area contributed by atoms with Crippen LogP contribution in [-0.2, 0) is 4.79 Å². The highest BCUT2D eigenvalue weighted by Gasteiger charge is 2.43. The van der Waals surface area contributed by atoms with Crippen LogP contribution in [0, 0.1) is 11.7 Å². The van der Waals surface area contributed by atoms with Crippen LogP contribution < -0.4 is 5.32 Å². The number of alkyl halides is 1. The second-order valence-electron chi connectivity index (χ2n) is 8.37. The van der Waals surface area contributed by atoms with Crippen LogP contribution in [0.25, 0.3) is 27.7 Å². The van der Waals surface area contributed by atoms with Crippen molar-refractivity contribution >= 4 is 39.9 Å². The second kappa shape index (κ2) is 7.53. The highest BCUT2D eigenvalue weighted by molar-refractivity contribution is 6.35. The van der Waals surface area contributed by atoms with Gasteiger partial charge in [-0.3, -0.25) is 9.89 Å². The number of hydrogen-bond donors (Lipinski definition) is 2. The molecular formula is C22H21ClF2N6O. The lowest BCUT2D eigenvalue weighted by atomic mass is 9.96. The van der Waals surface area contributed by atoms with Crippen molar-refractivity contribution in [1.82, 2.24) is 24.5 Å². The largest absolute Gasteiger partial charge is 0.309 e. The number of hydrogen-bond acceptors (Lipinski definition) is 4. The molecule has 2 N–H and O–H groups in total. The summed E-state index contributed by atoms with van der Waals surface area (Å²) in [5, 5.41) is 10.4. The smallest absolute Gasteiger partial charge is 0.231 e. The molecular weight excluding hydrogens is 438 g/mol. The molecule has 32 heavy (non-hydrogen) atoms. The van der Waals surface area contributed by atoms with Crippen molar-refractivity contribution in [1.29, 1.82) is 0 Å². The molecule has 4 aromatic rings. The van der Waals surface area contributed by atoms with Gasteiger partial charge in [-0.2, -0.15) is 5.10 Å². The van der Waals surface area contributed by atoms with Crippen LogP contribution in [0.15, 0.2) is 30.7 Å². The van der Waals surface area contributed by atoms with E-state index in [2.05, 4.69) is 20.5 Å². The van der Waals surface area contributed by atoms with Crippen molar-refractivity contribution in [2.24, 2.45) is 5.92 Å². The number of anilines is 1. The lowest BCUT2D eigenvalue weighted by Gasteiger charge is -2.23. The first-order chi connectivity index (χ1) is 15.3. The van der Waals surface area contributed by atoms with Crippen molar-refractivity contribution < 1.29 is 13.6 Å².